The van der Waals surface area contributed by atoms with E-state index < -0.39 is 69.9 Å². The van der Waals surface area contributed by atoms with Gasteiger partial charge in [0.15, 0.2) is 11.6 Å². The van der Waals surface area contributed by atoms with Crippen molar-refractivity contribution in [2.24, 2.45) is 10.8 Å². The van der Waals surface area contributed by atoms with Gasteiger partial charge in [-0.15, -0.1) is 0 Å². The monoisotopic (exact) mass is 854 g/mol. The van der Waals surface area contributed by atoms with Crippen LogP contribution in [0.2, 0.25) is 0 Å². The highest BCUT2D eigenvalue weighted by molar-refractivity contribution is 5.98. The number of phenols is 2. The van der Waals surface area contributed by atoms with Crippen molar-refractivity contribution in [1.82, 2.24) is 9.97 Å². The third-order valence-electron chi connectivity index (χ3n) is 9.65. The lowest BCUT2D eigenvalue weighted by Gasteiger charge is -2.21. The third kappa shape index (κ3) is 13.7. The van der Waals surface area contributed by atoms with Crippen LogP contribution >= 0.6 is 0 Å². The normalized spacial score (nSPS) is 13.2. The summed E-state index contributed by atoms with van der Waals surface area (Å²) in [6.45, 7) is 13.0. The second-order valence-electron chi connectivity index (χ2n) is 17.6. The zero-order valence-corrected chi connectivity index (χ0v) is 36.0. The third-order valence-corrected chi connectivity index (χ3v) is 9.65. The number of ketones is 2. The molecule has 328 valence electrons. The number of hydrogen-bond donors (Lipinski definition) is 6. The Morgan fingerprint density at radius 1 is 0.613 bits per heavy atom. The number of aliphatic hydroxyl groups excluding tert-OH is 2. The Bertz CT molecular complexity index is 2250. The van der Waals surface area contributed by atoms with Gasteiger partial charge in [-0.25, -0.2) is 8.78 Å². The average Bonchev–Trinajstić information content (AvgIpc) is 3.19. The van der Waals surface area contributed by atoms with E-state index in [4.69, 9.17) is 10.5 Å². The number of aromatic nitrogens is 2. The van der Waals surface area contributed by atoms with Gasteiger partial charge in [0.2, 0.25) is 11.8 Å². The molecule has 2 heterocycles. The van der Waals surface area contributed by atoms with E-state index in [2.05, 4.69) is 20.6 Å². The molecule has 14 nitrogen and oxygen atoms in total. The number of carbonyl (C=O) groups excluding carboxylic acids is 4. The molecule has 0 fully saturated rings. The Balaban J connectivity index is 0.000000330. The van der Waals surface area contributed by atoms with Gasteiger partial charge < -0.3 is 31.1 Å². The molecular weight excluding hydrogens is 803 g/mol. The fourth-order valence-electron chi connectivity index (χ4n) is 5.91. The number of benzene rings is 2. The largest absolute Gasteiger partial charge is 0.508 e. The van der Waals surface area contributed by atoms with Crippen LogP contribution < -0.4 is 10.6 Å². The molecule has 4 aromatic rings. The van der Waals surface area contributed by atoms with E-state index >= 15 is 0 Å². The Labute approximate surface area is 359 Å². The number of rotatable bonds is 14. The summed E-state index contributed by atoms with van der Waals surface area (Å²) in [6, 6.07) is 14.4. The van der Waals surface area contributed by atoms with Crippen molar-refractivity contribution < 1.29 is 48.4 Å². The van der Waals surface area contributed by atoms with Crippen molar-refractivity contribution in [2.45, 2.75) is 91.9 Å². The number of aliphatic hydroxyl groups is 2. The maximum atomic E-state index is 14.5. The first kappa shape index (κ1) is 49.7. The van der Waals surface area contributed by atoms with Gasteiger partial charge in [-0.3, -0.25) is 29.1 Å². The van der Waals surface area contributed by atoms with Gasteiger partial charge in [-0.05, 0) is 73.2 Å². The molecule has 2 aromatic heterocycles. The van der Waals surface area contributed by atoms with Gasteiger partial charge in [0.1, 0.15) is 34.5 Å². The van der Waals surface area contributed by atoms with E-state index in [0.29, 0.717) is 11.1 Å². The van der Waals surface area contributed by atoms with Crippen LogP contribution in [0.5, 0.6) is 11.5 Å². The molecule has 16 heteroatoms. The number of amides is 2. The highest BCUT2D eigenvalue weighted by Crippen LogP contribution is 2.34. The molecule has 0 radical (unpaired) electrons. The molecule has 2 aromatic carbocycles. The molecular formula is C46H52F2N6O8. The summed E-state index contributed by atoms with van der Waals surface area (Å²) in [7, 11) is 0. The van der Waals surface area contributed by atoms with Gasteiger partial charge in [-0.1, -0.05) is 41.5 Å². The summed E-state index contributed by atoms with van der Waals surface area (Å²) >= 11 is 0. The number of aromatic hydroxyl groups is 2. The molecule has 0 spiro atoms. The predicted octanol–water partition coefficient (Wildman–Crippen LogP) is 7.00. The molecule has 0 saturated heterocycles. The minimum Gasteiger partial charge on any atom is -0.508 e. The number of anilines is 2. The number of carbonyl (C=O) groups is 4. The van der Waals surface area contributed by atoms with Gasteiger partial charge in [-0.2, -0.15) is 10.5 Å². The molecule has 62 heavy (non-hydrogen) atoms. The van der Waals surface area contributed by atoms with Gasteiger partial charge >= 0.3 is 0 Å². The van der Waals surface area contributed by atoms with Crippen LogP contribution in [-0.4, -0.2) is 67.0 Å². The molecule has 0 aliphatic carbocycles. The fourth-order valence-corrected chi connectivity index (χ4v) is 5.91. The van der Waals surface area contributed by atoms with Crippen molar-refractivity contribution in [3.8, 4) is 23.6 Å². The van der Waals surface area contributed by atoms with Gasteiger partial charge in [0.25, 0.3) is 0 Å². The van der Waals surface area contributed by atoms with Crippen LogP contribution in [-0.2, 0) is 33.3 Å². The molecule has 0 bridgehead atoms. The van der Waals surface area contributed by atoms with E-state index in [1.54, 1.807) is 0 Å². The lowest BCUT2D eigenvalue weighted by atomic mass is 9.85. The Hall–Kier alpha value is -6.62. The standard InChI is InChI=1S/2C23H26FN3O4/c2*1-22(2,3)16-10-17(24)14(7-19(16)29)8-21(31)27-15-5-6-26-18(9-15)20(30)11-23(4,12-25)13-28/h2*5-7,9-10,28-29H,8,11,13H2,1-4H3,(H,26,27,31)/t2*23-/m10/s1. The number of nitrogens with zero attached hydrogens (tertiary/aromatic N) is 4. The molecule has 2 atom stereocenters. The van der Waals surface area contributed by atoms with Crippen molar-refractivity contribution in [3.63, 3.8) is 0 Å². The number of halogens is 2. The van der Waals surface area contributed by atoms with Crippen molar-refractivity contribution >= 4 is 34.8 Å². The first-order chi connectivity index (χ1) is 28.8. The van der Waals surface area contributed by atoms with Crippen LogP contribution in [0.25, 0.3) is 0 Å². The second kappa shape index (κ2) is 20.3. The van der Waals surface area contributed by atoms with Crippen LogP contribution in [0.4, 0.5) is 20.2 Å². The minimum absolute atomic E-state index is 0.0334. The maximum Gasteiger partial charge on any atom is 0.228 e. The highest BCUT2D eigenvalue weighted by Gasteiger charge is 2.29. The van der Waals surface area contributed by atoms with Crippen LogP contribution in [0, 0.1) is 45.1 Å². The molecule has 0 unspecified atom stereocenters. The molecule has 0 aliphatic heterocycles. The average molecular weight is 855 g/mol. The number of hydrogen-bond acceptors (Lipinski definition) is 12. The topological polar surface area (TPSA) is 247 Å². The van der Waals surface area contributed by atoms with Gasteiger partial charge in [0.05, 0.1) is 49.0 Å². The quantitative estimate of drug-likeness (QED) is 0.0702. The number of nitriles is 2. The SMILES string of the molecule is CC(C)(C)c1cc(F)c(CC(=O)Nc2ccnc(C(=O)C[C@@](C)(C#N)CO)c2)cc1O.CC(C)(C)c1cc(F)c(CC(=O)Nc2ccnc(C(=O)C[C@](C)(C#N)CO)c2)cc1O. The molecule has 0 aliphatic rings. The molecule has 4 rings (SSSR count). The zero-order valence-electron chi connectivity index (χ0n) is 36.0. The first-order valence-electron chi connectivity index (χ1n) is 19.4. The Morgan fingerprint density at radius 2 is 0.952 bits per heavy atom. The summed E-state index contributed by atoms with van der Waals surface area (Å²) < 4.78 is 28.9. The summed E-state index contributed by atoms with van der Waals surface area (Å²) in [6.07, 6.45) is 1.58. The minimum atomic E-state index is -1.23. The number of nitrogens with one attached hydrogen (secondary N) is 2. The molecule has 2 amide bonds. The van der Waals surface area contributed by atoms with E-state index in [9.17, 15) is 48.4 Å². The zero-order chi connectivity index (χ0) is 46.8. The Kier molecular flexibility index (Phi) is 16.3. The molecule has 6 N–H and O–H groups in total. The van der Waals surface area contributed by atoms with E-state index in [-0.39, 0.29) is 71.1 Å². The summed E-state index contributed by atoms with van der Waals surface area (Å²) in [5.74, 6) is -3.35. The fraction of sp³-hybridized carbons (Fsp3) is 0.391. The van der Waals surface area contributed by atoms with E-state index in [1.807, 2.05) is 53.7 Å². The van der Waals surface area contributed by atoms with Crippen LogP contribution in [0.3, 0.4) is 0 Å². The molecule has 0 saturated carbocycles. The highest BCUT2D eigenvalue weighted by atomic mass is 19.1. The smallest absolute Gasteiger partial charge is 0.228 e. The Morgan fingerprint density at radius 3 is 1.24 bits per heavy atom. The summed E-state index contributed by atoms with van der Waals surface area (Å²) in [5.41, 5.74) is -1.76. The van der Waals surface area contributed by atoms with Crippen molar-refractivity contribution in [1.29, 1.82) is 10.5 Å². The first-order valence-corrected chi connectivity index (χ1v) is 19.4. The second-order valence-corrected chi connectivity index (χ2v) is 17.6. The lowest BCUT2D eigenvalue weighted by molar-refractivity contribution is -0.116. The van der Waals surface area contributed by atoms with Crippen molar-refractivity contribution in [3.05, 3.63) is 106 Å². The summed E-state index contributed by atoms with van der Waals surface area (Å²) in [4.78, 5) is 57.5. The van der Waals surface area contributed by atoms with Crippen molar-refractivity contribution in [2.75, 3.05) is 23.8 Å². The number of Topliss-reactive ketones (excluding diaryl/α,β-unsaturated/α-hetero) is 2. The lowest BCUT2D eigenvalue weighted by Crippen LogP contribution is -2.24. The summed E-state index contributed by atoms with van der Waals surface area (Å²) in [5, 5.41) is 62.4. The maximum absolute atomic E-state index is 14.5. The number of pyridine rings is 2. The van der Waals surface area contributed by atoms with E-state index in [0.717, 1.165) is 0 Å². The predicted molar refractivity (Wildman–Crippen MR) is 226 cm³/mol. The van der Waals surface area contributed by atoms with Crippen LogP contribution in [0.15, 0.2) is 60.9 Å². The van der Waals surface area contributed by atoms with E-state index in [1.165, 1.54) is 74.8 Å². The number of phenolic OH excluding ortho intramolecular Hbond substituents is 2. The van der Waals surface area contributed by atoms with Crippen LogP contribution in [0.1, 0.15) is 111 Å². The van der Waals surface area contributed by atoms with Gasteiger partial charge in [0, 0.05) is 58.9 Å².